The molecule has 0 aliphatic rings. The van der Waals surface area contributed by atoms with Crippen molar-refractivity contribution in [3.63, 3.8) is 0 Å². The maximum Gasteiger partial charge on any atom is 0.264 e. The third kappa shape index (κ3) is 9.01. The van der Waals surface area contributed by atoms with Crippen molar-refractivity contribution in [2.24, 2.45) is 0 Å². The Labute approximate surface area is 279 Å². The van der Waals surface area contributed by atoms with Crippen LogP contribution in [0.25, 0.3) is 0 Å². The van der Waals surface area contributed by atoms with Crippen molar-refractivity contribution < 1.29 is 18.0 Å². The van der Waals surface area contributed by atoms with Crippen molar-refractivity contribution in [2.75, 3.05) is 10.8 Å². The average molecular weight is 687 g/mol. The molecule has 0 fully saturated rings. The summed E-state index contributed by atoms with van der Waals surface area (Å²) in [6.45, 7) is 3.23. The molecule has 0 bridgehead atoms. The van der Waals surface area contributed by atoms with Gasteiger partial charge in [0.05, 0.1) is 15.6 Å². The summed E-state index contributed by atoms with van der Waals surface area (Å²) < 4.78 is 29.1. The van der Waals surface area contributed by atoms with E-state index in [1.165, 1.54) is 35.2 Å². The van der Waals surface area contributed by atoms with Crippen molar-refractivity contribution in [1.29, 1.82) is 0 Å². The Hall–Kier alpha value is -3.56. The number of sulfonamides is 1. The van der Waals surface area contributed by atoms with Crippen LogP contribution in [0.15, 0.2) is 108 Å². The second kappa shape index (κ2) is 15.6. The minimum Gasteiger partial charge on any atom is -0.352 e. The molecule has 4 aromatic rings. The summed E-state index contributed by atoms with van der Waals surface area (Å²) in [6.07, 6.45) is 0.892. The molecule has 2 atom stereocenters. The highest BCUT2D eigenvalue weighted by atomic mass is 35.5. The van der Waals surface area contributed by atoms with E-state index in [2.05, 4.69) is 5.32 Å². The number of rotatable bonds is 13. The summed E-state index contributed by atoms with van der Waals surface area (Å²) in [6, 6.07) is 27.3. The first kappa shape index (κ1) is 34.3. The van der Waals surface area contributed by atoms with Gasteiger partial charge in [-0.25, -0.2) is 8.42 Å². The predicted octanol–water partition coefficient (Wildman–Crippen LogP) is 7.40. The number of carbonyl (C=O) groups excluding carboxylic acids is 2. The van der Waals surface area contributed by atoms with Gasteiger partial charge < -0.3 is 10.2 Å². The van der Waals surface area contributed by atoms with Crippen LogP contribution in [0, 0.1) is 0 Å². The van der Waals surface area contributed by atoms with Crippen molar-refractivity contribution in [2.45, 2.75) is 50.2 Å². The van der Waals surface area contributed by atoms with Crippen LogP contribution in [0.5, 0.6) is 0 Å². The van der Waals surface area contributed by atoms with E-state index in [-0.39, 0.29) is 40.5 Å². The lowest BCUT2D eigenvalue weighted by Crippen LogP contribution is -2.54. The van der Waals surface area contributed by atoms with Crippen molar-refractivity contribution in [3.05, 3.63) is 129 Å². The number of hydrogen-bond donors (Lipinski definition) is 1. The molecular weight excluding hydrogens is 653 g/mol. The van der Waals surface area contributed by atoms with Gasteiger partial charge >= 0.3 is 0 Å². The van der Waals surface area contributed by atoms with Gasteiger partial charge in [-0.3, -0.25) is 13.9 Å². The second-order valence-corrected chi connectivity index (χ2v) is 13.7. The highest BCUT2D eigenvalue weighted by molar-refractivity contribution is 7.92. The smallest absolute Gasteiger partial charge is 0.264 e. The fourth-order valence-corrected chi connectivity index (χ4v) is 6.84. The van der Waals surface area contributed by atoms with Crippen LogP contribution in [-0.2, 0) is 32.6 Å². The summed E-state index contributed by atoms with van der Waals surface area (Å²) in [7, 11) is -4.28. The summed E-state index contributed by atoms with van der Waals surface area (Å²) in [5.74, 6) is -0.951. The monoisotopic (exact) mass is 685 g/mol. The minimum absolute atomic E-state index is 0.0228. The lowest BCUT2D eigenvalue weighted by Gasteiger charge is -2.34. The first-order valence-electron chi connectivity index (χ1n) is 14.4. The van der Waals surface area contributed by atoms with Crippen LogP contribution in [0.4, 0.5) is 5.69 Å². The maximum atomic E-state index is 14.5. The number of hydrogen-bond acceptors (Lipinski definition) is 4. The Morgan fingerprint density at radius 2 is 1.40 bits per heavy atom. The van der Waals surface area contributed by atoms with E-state index in [9.17, 15) is 18.0 Å². The number of nitrogens with one attached hydrogen (secondary N) is 1. The van der Waals surface area contributed by atoms with E-state index in [1.807, 2.05) is 44.2 Å². The molecule has 236 valence electrons. The fraction of sp³-hybridized carbons (Fsp3) is 0.235. The van der Waals surface area contributed by atoms with Gasteiger partial charge in [-0.15, -0.1) is 0 Å². The maximum absolute atomic E-state index is 14.5. The van der Waals surface area contributed by atoms with E-state index < -0.39 is 28.5 Å². The Bertz CT molecular complexity index is 1710. The number of amides is 2. The molecular formula is C34H34Cl3N3O4S. The zero-order chi connectivity index (χ0) is 32.6. The standard InChI is InChI=1S/C34H34Cl3N3O4S/c1-3-24(2)38-34(42)32(20-25-10-6-4-7-11-25)39(22-26-14-16-27(35)17-15-26)33(41)23-40(31-19-18-28(36)21-30(31)37)45(43,44)29-12-8-5-9-13-29/h4-19,21,24,32H,3,20,22-23H2,1-2H3,(H,38,42)/t24-,32+/m0/s1. The number of benzene rings is 4. The fourth-order valence-electron chi connectivity index (χ4n) is 4.70. The highest BCUT2D eigenvalue weighted by Gasteiger charge is 2.35. The molecule has 1 N–H and O–H groups in total. The SMILES string of the molecule is CC[C@H](C)NC(=O)[C@@H](Cc1ccccc1)N(Cc1ccc(Cl)cc1)C(=O)CN(c1ccc(Cl)cc1Cl)S(=O)(=O)c1ccccc1. The molecule has 45 heavy (non-hydrogen) atoms. The van der Waals surface area contributed by atoms with Gasteiger partial charge in [0.25, 0.3) is 10.0 Å². The molecule has 0 aliphatic heterocycles. The largest absolute Gasteiger partial charge is 0.352 e. The van der Waals surface area contributed by atoms with Gasteiger partial charge in [0.15, 0.2) is 0 Å². The third-order valence-electron chi connectivity index (χ3n) is 7.33. The second-order valence-electron chi connectivity index (χ2n) is 10.6. The van der Waals surface area contributed by atoms with Gasteiger partial charge in [0.1, 0.15) is 12.6 Å². The van der Waals surface area contributed by atoms with E-state index >= 15 is 0 Å². The van der Waals surface area contributed by atoms with E-state index in [1.54, 1.807) is 42.5 Å². The van der Waals surface area contributed by atoms with E-state index in [4.69, 9.17) is 34.8 Å². The Morgan fingerprint density at radius 1 is 0.800 bits per heavy atom. The third-order valence-corrected chi connectivity index (χ3v) is 9.89. The molecule has 0 unspecified atom stereocenters. The quantitative estimate of drug-likeness (QED) is 0.159. The van der Waals surface area contributed by atoms with Crippen LogP contribution in [0.1, 0.15) is 31.4 Å². The van der Waals surface area contributed by atoms with Crippen LogP contribution in [0.2, 0.25) is 15.1 Å². The molecule has 0 saturated heterocycles. The number of carbonyl (C=O) groups is 2. The lowest BCUT2D eigenvalue weighted by molar-refractivity contribution is -0.140. The Kier molecular flexibility index (Phi) is 11.9. The molecule has 4 aromatic carbocycles. The predicted molar refractivity (Wildman–Crippen MR) is 181 cm³/mol. The number of nitrogens with zero attached hydrogens (tertiary/aromatic N) is 2. The number of halogens is 3. The topological polar surface area (TPSA) is 86.8 Å². The first-order valence-corrected chi connectivity index (χ1v) is 17.0. The molecule has 11 heteroatoms. The number of anilines is 1. The zero-order valence-electron chi connectivity index (χ0n) is 24.9. The van der Waals surface area contributed by atoms with Crippen LogP contribution in [0.3, 0.4) is 0 Å². The molecule has 2 amide bonds. The summed E-state index contributed by atoms with van der Waals surface area (Å²) in [4.78, 5) is 29.8. The van der Waals surface area contributed by atoms with Crippen LogP contribution >= 0.6 is 34.8 Å². The molecule has 0 aliphatic carbocycles. The van der Waals surface area contributed by atoms with Gasteiger partial charge in [-0.2, -0.15) is 0 Å². The summed E-state index contributed by atoms with van der Waals surface area (Å²) in [5, 5.41) is 3.89. The van der Waals surface area contributed by atoms with Crippen molar-refractivity contribution in [1.82, 2.24) is 10.2 Å². The molecule has 7 nitrogen and oxygen atoms in total. The molecule has 0 radical (unpaired) electrons. The average Bonchev–Trinajstić information content (AvgIpc) is 3.03. The minimum atomic E-state index is -4.28. The van der Waals surface area contributed by atoms with E-state index in [0.29, 0.717) is 22.0 Å². The van der Waals surface area contributed by atoms with E-state index in [0.717, 1.165) is 9.87 Å². The summed E-state index contributed by atoms with van der Waals surface area (Å²) >= 11 is 18.8. The van der Waals surface area contributed by atoms with Gasteiger partial charge in [-0.1, -0.05) is 102 Å². The van der Waals surface area contributed by atoms with Gasteiger partial charge in [-0.05, 0) is 66.9 Å². The molecule has 0 saturated carbocycles. The van der Waals surface area contributed by atoms with Crippen LogP contribution in [-0.4, -0.2) is 43.8 Å². The molecule has 0 spiro atoms. The van der Waals surface area contributed by atoms with Gasteiger partial charge in [0, 0.05) is 29.1 Å². The molecule has 4 rings (SSSR count). The normalized spacial score (nSPS) is 12.6. The van der Waals surface area contributed by atoms with Gasteiger partial charge in [0.2, 0.25) is 11.8 Å². The Morgan fingerprint density at radius 3 is 2.00 bits per heavy atom. The lowest BCUT2D eigenvalue weighted by atomic mass is 10.0. The zero-order valence-corrected chi connectivity index (χ0v) is 28.0. The molecule has 0 heterocycles. The first-order chi connectivity index (χ1) is 21.5. The van der Waals surface area contributed by atoms with Crippen molar-refractivity contribution in [3.8, 4) is 0 Å². The summed E-state index contributed by atoms with van der Waals surface area (Å²) in [5.41, 5.74) is 1.63. The molecule has 0 aromatic heterocycles. The van der Waals surface area contributed by atoms with Crippen LogP contribution < -0.4 is 9.62 Å². The Balaban J connectivity index is 1.82. The van der Waals surface area contributed by atoms with Crippen molar-refractivity contribution >= 4 is 62.3 Å². The highest BCUT2D eigenvalue weighted by Crippen LogP contribution is 2.33.